The van der Waals surface area contributed by atoms with E-state index in [0.29, 0.717) is 11.6 Å². The van der Waals surface area contributed by atoms with Gasteiger partial charge in [0.1, 0.15) is 0 Å². The van der Waals surface area contributed by atoms with Crippen LogP contribution in [-0.4, -0.2) is 42.1 Å². The Morgan fingerprint density at radius 2 is 1.24 bits per heavy atom. The van der Waals surface area contributed by atoms with E-state index in [2.05, 4.69) is 65.6 Å². The second kappa shape index (κ2) is 11.0. The van der Waals surface area contributed by atoms with E-state index in [1.807, 2.05) is 23.3 Å². The van der Waals surface area contributed by atoms with Gasteiger partial charge in [0, 0.05) is 26.2 Å². The van der Waals surface area contributed by atoms with Gasteiger partial charge in [-0.15, -0.1) is 5.06 Å². The molecular formula is C30H34N2O2. The topological polar surface area (TPSA) is 32.8 Å². The molecule has 34 heavy (non-hydrogen) atoms. The van der Waals surface area contributed by atoms with Crippen molar-refractivity contribution >= 4 is 5.97 Å². The second-order valence-corrected chi connectivity index (χ2v) is 9.74. The van der Waals surface area contributed by atoms with Crippen LogP contribution in [0.25, 0.3) is 0 Å². The van der Waals surface area contributed by atoms with Crippen LogP contribution in [0.15, 0.2) is 91.0 Å². The summed E-state index contributed by atoms with van der Waals surface area (Å²) < 4.78 is 0. The molecule has 4 nitrogen and oxygen atoms in total. The van der Waals surface area contributed by atoms with Gasteiger partial charge in [-0.2, -0.15) is 0 Å². The summed E-state index contributed by atoms with van der Waals surface area (Å²) in [5.74, 6) is 1.27. The van der Waals surface area contributed by atoms with Gasteiger partial charge < -0.3 is 4.84 Å². The molecule has 0 aliphatic carbocycles. The Kier molecular flexibility index (Phi) is 7.37. The van der Waals surface area contributed by atoms with Gasteiger partial charge in [-0.3, -0.25) is 4.90 Å². The molecule has 0 saturated carbocycles. The first-order valence-corrected chi connectivity index (χ1v) is 12.6. The van der Waals surface area contributed by atoms with E-state index >= 15 is 0 Å². The summed E-state index contributed by atoms with van der Waals surface area (Å²) in [6, 6.07) is 31.4. The van der Waals surface area contributed by atoms with Crippen molar-refractivity contribution in [1.82, 2.24) is 9.96 Å². The molecule has 3 aromatic carbocycles. The quantitative estimate of drug-likeness (QED) is 0.420. The average molecular weight is 455 g/mol. The number of hydrogen-bond acceptors (Lipinski definition) is 4. The molecule has 0 radical (unpaired) electrons. The van der Waals surface area contributed by atoms with Crippen molar-refractivity contribution in [3.8, 4) is 0 Å². The molecule has 0 atom stereocenters. The first-order chi connectivity index (χ1) is 16.8. The van der Waals surface area contributed by atoms with Gasteiger partial charge in [0.25, 0.3) is 0 Å². The Morgan fingerprint density at radius 1 is 0.735 bits per heavy atom. The van der Waals surface area contributed by atoms with Crippen molar-refractivity contribution in [2.24, 2.45) is 11.8 Å². The van der Waals surface area contributed by atoms with Gasteiger partial charge in [0.15, 0.2) is 0 Å². The van der Waals surface area contributed by atoms with Crippen LogP contribution in [0, 0.1) is 11.8 Å². The molecule has 2 saturated heterocycles. The first-order valence-electron chi connectivity index (χ1n) is 12.6. The van der Waals surface area contributed by atoms with E-state index in [1.54, 1.807) is 12.1 Å². The summed E-state index contributed by atoms with van der Waals surface area (Å²) in [6.45, 7) is 4.01. The van der Waals surface area contributed by atoms with Crippen molar-refractivity contribution in [3.05, 3.63) is 108 Å². The van der Waals surface area contributed by atoms with Crippen LogP contribution in [0.3, 0.4) is 0 Å². The minimum Gasteiger partial charge on any atom is -0.364 e. The number of piperidine rings is 1. The normalized spacial score (nSPS) is 18.0. The fourth-order valence-corrected chi connectivity index (χ4v) is 5.39. The van der Waals surface area contributed by atoms with Gasteiger partial charge in [-0.05, 0) is 60.8 Å². The first kappa shape index (κ1) is 22.8. The number of likely N-dealkylation sites (tertiary alicyclic amines) is 1. The third-order valence-electron chi connectivity index (χ3n) is 7.36. The predicted octanol–water partition coefficient (Wildman–Crippen LogP) is 5.97. The Bertz CT molecular complexity index is 988. The summed E-state index contributed by atoms with van der Waals surface area (Å²) in [5.41, 5.74) is 3.37. The second-order valence-electron chi connectivity index (χ2n) is 9.74. The van der Waals surface area contributed by atoms with Gasteiger partial charge in [0.05, 0.1) is 11.6 Å². The highest BCUT2D eigenvalue weighted by Gasteiger charge is 2.34. The average Bonchev–Trinajstić information content (AvgIpc) is 2.88. The van der Waals surface area contributed by atoms with Crippen LogP contribution in [0.2, 0.25) is 0 Å². The molecule has 0 N–H and O–H groups in total. The highest BCUT2D eigenvalue weighted by atomic mass is 16.7. The van der Waals surface area contributed by atoms with Gasteiger partial charge in [-0.1, -0.05) is 78.9 Å². The highest BCUT2D eigenvalue weighted by Crippen LogP contribution is 2.36. The Hall–Kier alpha value is -2.95. The fourth-order valence-electron chi connectivity index (χ4n) is 5.39. The zero-order valence-corrected chi connectivity index (χ0v) is 19.8. The van der Waals surface area contributed by atoms with E-state index in [4.69, 9.17) is 4.84 Å². The SMILES string of the molecule is O=C(ON1CCC(CCC2CN(C(c3ccccc3)c3ccccc3)C2)CC1)c1ccccc1. The minimum absolute atomic E-state index is 0.250. The maximum absolute atomic E-state index is 12.3. The summed E-state index contributed by atoms with van der Waals surface area (Å²) in [5, 5.41) is 1.85. The lowest BCUT2D eigenvalue weighted by molar-refractivity contribution is -0.126. The molecule has 2 aliphatic heterocycles. The van der Waals surface area contributed by atoms with Gasteiger partial charge >= 0.3 is 5.97 Å². The lowest BCUT2D eigenvalue weighted by atomic mass is 9.84. The predicted molar refractivity (Wildman–Crippen MR) is 135 cm³/mol. The summed E-state index contributed by atoms with van der Waals surface area (Å²) in [4.78, 5) is 20.5. The number of carbonyl (C=O) groups excluding carboxylic acids is 1. The van der Waals surface area contributed by atoms with E-state index in [9.17, 15) is 4.79 Å². The van der Waals surface area contributed by atoms with Crippen molar-refractivity contribution < 1.29 is 9.63 Å². The smallest absolute Gasteiger partial charge is 0.357 e. The van der Waals surface area contributed by atoms with Crippen LogP contribution in [-0.2, 0) is 4.84 Å². The molecule has 2 fully saturated rings. The van der Waals surface area contributed by atoms with E-state index in [1.165, 1.54) is 37.1 Å². The van der Waals surface area contributed by atoms with Gasteiger partial charge in [0.2, 0.25) is 0 Å². The summed E-state index contributed by atoms with van der Waals surface area (Å²) in [7, 11) is 0. The largest absolute Gasteiger partial charge is 0.364 e. The van der Waals surface area contributed by atoms with Crippen LogP contribution >= 0.6 is 0 Å². The molecule has 0 amide bonds. The number of rotatable bonds is 8. The summed E-state index contributed by atoms with van der Waals surface area (Å²) in [6.07, 6.45) is 4.78. The Labute approximate surface area is 203 Å². The minimum atomic E-state index is -0.250. The Balaban J connectivity index is 1.06. The number of benzene rings is 3. The van der Waals surface area contributed by atoms with Crippen LogP contribution in [0.1, 0.15) is 53.2 Å². The van der Waals surface area contributed by atoms with Crippen molar-refractivity contribution in [2.45, 2.75) is 31.7 Å². The maximum Gasteiger partial charge on any atom is 0.357 e. The molecular weight excluding hydrogens is 420 g/mol. The van der Waals surface area contributed by atoms with Crippen LogP contribution < -0.4 is 0 Å². The van der Waals surface area contributed by atoms with Gasteiger partial charge in [-0.25, -0.2) is 4.79 Å². The number of hydrogen-bond donors (Lipinski definition) is 0. The van der Waals surface area contributed by atoms with E-state index in [-0.39, 0.29) is 5.97 Å². The van der Waals surface area contributed by atoms with Crippen LogP contribution in [0.4, 0.5) is 0 Å². The van der Waals surface area contributed by atoms with Crippen LogP contribution in [0.5, 0.6) is 0 Å². The van der Waals surface area contributed by atoms with Crippen molar-refractivity contribution in [1.29, 1.82) is 0 Å². The van der Waals surface area contributed by atoms with Crippen molar-refractivity contribution in [3.63, 3.8) is 0 Å². The standard InChI is InChI=1S/C30H34N2O2/c33-30(28-14-8-3-9-15-28)34-32-20-18-24(19-21-32)16-17-25-22-31(23-25)29(26-10-4-1-5-11-26)27-12-6-2-7-13-27/h1-15,24-25,29H,16-23H2. The lowest BCUT2D eigenvalue weighted by Crippen LogP contribution is -2.48. The van der Waals surface area contributed by atoms with E-state index < -0.39 is 0 Å². The monoisotopic (exact) mass is 454 g/mol. The summed E-state index contributed by atoms with van der Waals surface area (Å²) >= 11 is 0. The molecule has 3 aromatic rings. The fraction of sp³-hybridized carbons (Fsp3) is 0.367. The van der Waals surface area contributed by atoms with E-state index in [0.717, 1.165) is 37.8 Å². The molecule has 2 aliphatic rings. The number of carbonyl (C=O) groups is 1. The Morgan fingerprint density at radius 3 is 1.79 bits per heavy atom. The molecule has 2 heterocycles. The highest BCUT2D eigenvalue weighted by molar-refractivity contribution is 5.89. The molecule has 4 heteroatoms. The third-order valence-corrected chi connectivity index (χ3v) is 7.36. The lowest BCUT2D eigenvalue weighted by Gasteiger charge is -2.45. The maximum atomic E-state index is 12.3. The molecule has 0 aromatic heterocycles. The zero-order chi connectivity index (χ0) is 23.2. The molecule has 5 rings (SSSR count). The molecule has 176 valence electrons. The molecule has 0 spiro atoms. The zero-order valence-electron chi connectivity index (χ0n) is 19.8. The number of nitrogens with zero attached hydrogens (tertiary/aromatic N) is 2. The van der Waals surface area contributed by atoms with Crippen molar-refractivity contribution in [2.75, 3.05) is 26.2 Å². The third kappa shape index (κ3) is 5.57. The number of hydroxylamine groups is 2. The molecule has 0 unspecified atom stereocenters. The molecule has 0 bridgehead atoms.